The van der Waals surface area contributed by atoms with Crippen molar-refractivity contribution in [1.29, 1.82) is 0 Å². The molecule has 8 atom stereocenters. The first kappa shape index (κ1) is 22.5. The second-order valence-electron chi connectivity index (χ2n) is 9.49. The second kappa shape index (κ2) is 9.16. The minimum absolute atomic E-state index is 0.00483. The molecule has 0 bridgehead atoms. The highest BCUT2D eigenvalue weighted by Gasteiger charge is 2.48. The molecule has 7 heteroatoms. The van der Waals surface area contributed by atoms with Crippen LogP contribution in [-0.2, 0) is 15.9 Å². The molecule has 3 aromatic rings. The molecule has 176 valence electrons. The van der Waals surface area contributed by atoms with Crippen molar-refractivity contribution < 1.29 is 29.2 Å². The van der Waals surface area contributed by atoms with Crippen LogP contribution in [0.25, 0.3) is 22.2 Å². The average molecular weight is 454 g/mol. The summed E-state index contributed by atoms with van der Waals surface area (Å²) < 4.78 is 17.5. The molecule has 0 spiro atoms. The molecule has 0 radical (unpaired) electrons. The summed E-state index contributed by atoms with van der Waals surface area (Å²) in [6, 6.07) is 14.2. The number of oxazole rings is 1. The Morgan fingerprint density at radius 1 is 1.03 bits per heavy atom. The van der Waals surface area contributed by atoms with E-state index in [-0.39, 0.29) is 24.0 Å². The molecule has 5 rings (SSSR count). The van der Waals surface area contributed by atoms with E-state index in [0.717, 1.165) is 16.3 Å². The Hall–Kier alpha value is -2.29. The SMILES string of the molecule is C[C@H]([C@@H]1O[C@H]1C[C@H]1CO[C@@H](Cc2cnc(-c3ccc4ccccc4c3)o2)[C@H](O)[C@@H]1O)[C@H](C)O. The second-order valence-corrected chi connectivity index (χ2v) is 9.49. The largest absolute Gasteiger partial charge is 0.441 e. The molecule has 1 aromatic heterocycles. The Kier molecular flexibility index (Phi) is 6.24. The van der Waals surface area contributed by atoms with Gasteiger partial charge in [0.25, 0.3) is 0 Å². The molecule has 2 aliphatic heterocycles. The smallest absolute Gasteiger partial charge is 0.226 e. The van der Waals surface area contributed by atoms with Crippen molar-refractivity contribution in [2.75, 3.05) is 6.61 Å². The van der Waals surface area contributed by atoms with Gasteiger partial charge in [0.1, 0.15) is 11.9 Å². The molecule has 0 saturated carbocycles. The first-order valence-electron chi connectivity index (χ1n) is 11.7. The van der Waals surface area contributed by atoms with Gasteiger partial charge in [-0.3, -0.25) is 0 Å². The third-order valence-electron chi connectivity index (χ3n) is 7.13. The maximum atomic E-state index is 10.7. The normalized spacial score (nSPS) is 31.4. The molecule has 0 aliphatic carbocycles. The molecule has 3 N–H and O–H groups in total. The molecule has 33 heavy (non-hydrogen) atoms. The van der Waals surface area contributed by atoms with Gasteiger partial charge in [-0.05, 0) is 36.2 Å². The van der Waals surface area contributed by atoms with Crippen molar-refractivity contribution in [2.45, 2.75) is 63.3 Å². The molecular weight excluding hydrogens is 422 g/mol. The standard InChI is InChI=1S/C26H31NO6/c1-14(15(2)28)25-22(33-25)10-19-13-31-21(24(30)23(19)29)11-20-12-27-26(32-20)18-8-7-16-5-3-4-6-17(16)9-18/h3-9,12,14-15,19,21-25,28-30H,10-11,13H2,1-2H3/t14-,15-,19-,21-,22-,23+,24-,25-/m0/s1. The van der Waals surface area contributed by atoms with Gasteiger partial charge in [-0.15, -0.1) is 0 Å². The van der Waals surface area contributed by atoms with Gasteiger partial charge in [0.2, 0.25) is 5.89 Å². The minimum atomic E-state index is -1.02. The number of benzene rings is 2. The predicted octanol–water partition coefficient (Wildman–Crippen LogP) is 2.95. The number of hydrogen-bond donors (Lipinski definition) is 3. The molecule has 2 saturated heterocycles. The van der Waals surface area contributed by atoms with E-state index < -0.39 is 24.4 Å². The van der Waals surface area contributed by atoms with Crippen LogP contribution in [0.3, 0.4) is 0 Å². The summed E-state index contributed by atoms with van der Waals surface area (Å²) >= 11 is 0. The summed E-state index contributed by atoms with van der Waals surface area (Å²) in [5.74, 6) is 0.945. The van der Waals surface area contributed by atoms with Gasteiger partial charge in [0, 0.05) is 23.8 Å². The van der Waals surface area contributed by atoms with Gasteiger partial charge < -0.3 is 29.2 Å². The van der Waals surface area contributed by atoms with Crippen LogP contribution in [0.5, 0.6) is 0 Å². The lowest BCUT2D eigenvalue weighted by Crippen LogP contribution is -2.51. The van der Waals surface area contributed by atoms with Gasteiger partial charge in [0.15, 0.2) is 0 Å². The van der Waals surface area contributed by atoms with E-state index in [0.29, 0.717) is 31.1 Å². The van der Waals surface area contributed by atoms with E-state index in [1.165, 1.54) is 0 Å². The maximum absolute atomic E-state index is 10.7. The van der Waals surface area contributed by atoms with Crippen LogP contribution in [0.15, 0.2) is 53.1 Å². The van der Waals surface area contributed by atoms with Gasteiger partial charge in [-0.25, -0.2) is 4.98 Å². The van der Waals surface area contributed by atoms with Crippen LogP contribution in [0.4, 0.5) is 0 Å². The molecule has 0 amide bonds. The summed E-state index contributed by atoms with van der Waals surface area (Å²) in [5.41, 5.74) is 0.885. The quantitative estimate of drug-likeness (QED) is 0.472. The Morgan fingerprint density at radius 3 is 2.61 bits per heavy atom. The fraction of sp³-hybridized carbons (Fsp3) is 0.500. The van der Waals surface area contributed by atoms with Gasteiger partial charge in [0.05, 0.1) is 43.3 Å². The van der Waals surface area contributed by atoms with E-state index in [1.807, 2.05) is 43.3 Å². The zero-order valence-electron chi connectivity index (χ0n) is 18.9. The molecule has 2 aromatic carbocycles. The van der Waals surface area contributed by atoms with Crippen LogP contribution >= 0.6 is 0 Å². The van der Waals surface area contributed by atoms with Gasteiger partial charge >= 0.3 is 0 Å². The van der Waals surface area contributed by atoms with E-state index in [4.69, 9.17) is 13.9 Å². The van der Waals surface area contributed by atoms with Crippen LogP contribution in [-0.4, -0.2) is 63.5 Å². The van der Waals surface area contributed by atoms with E-state index in [2.05, 4.69) is 11.1 Å². The number of hydrogen-bond acceptors (Lipinski definition) is 7. The van der Waals surface area contributed by atoms with E-state index >= 15 is 0 Å². The number of fused-ring (bicyclic) bond motifs is 1. The zero-order chi connectivity index (χ0) is 23.1. The summed E-state index contributed by atoms with van der Waals surface area (Å²) in [6.45, 7) is 4.05. The minimum Gasteiger partial charge on any atom is -0.441 e. The first-order chi connectivity index (χ1) is 15.9. The van der Waals surface area contributed by atoms with Crippen LogP contribution in [0.1, 0.15) is 26.0 Å². The topological polar surface area (TPSA) is 108 Å². The van der Waals surface area contributed by atoms with Crippen molar-refractivity contribution in [2.24, 2.45) is 11.8 Å². The van der Waals surface area contributed by atoms with E-state index in [1.54, 1.807) is 13.1 Å². The summed E-state index contributed by atoms with van der Waals surface area (Å²) in [4.78, 5) is 4.40. The summed E-state index contributed by atoms with van der Waals surface area (Å²) in [6.07, 6.45) is -0.379. The van der Waals surface area contributed by atoms with Crippen LogP contribution in [0.2, 0.25) is 0 Å². The number of rotatable bonds is 7. The molecule has 2 aliphatic rings. The Balaban J connectivity index is 1.19. The maximum Gasteiger partial charge on any atom is 0.226 e. The molecule has 2 fully saturated rings. The van der Waals surface area contributed by atoms with Gasteiger partial charge in [-0.2, -0.15) is 0 Å². The van der Waals surface area contributed by atoms with Crippen molar-refractivity contribution >= 4 is 10.8 Å². The van der Waals surface area contributed by atoms with Crippen molar-refractivity contribution in [3.63, 3.8) is 0 Å². The molecule has 0 unspecified atom stereocenters. The van der Waals surface area contributed by atoms with Crippen molar-refractivity contribution in [3.8, 4) is 11.5 Å². The Morgan fingerprint density at radius 2 is 1.82 bits per heavy atom. The number of epoxide rings is 1. The van der Waals surface area contributed by atoms with Crippen LogP contribution in [0, 0.1) is 11.8 Å². The molecule has 3 heterocycles. The first-order valence-corrected chi connectivity index (χ1v) is 11.7. The monoisotopic (exact) mass is 453 g/mol. The van der Waals surface area contributed by atoms with Crippen LogP contribution < -0.4 is 0 Å². The van der Waals surface area contributed by atoms with Crippen molar-refractivity contribution in [1.82, 2.24) is 4.98 Å². The fourth-order valence-corrected chi connectivity index (χ4v) is 4.77. The molecule has 7 nitrogen and oxygen atoms in total. The van der Waals surface area contributed by atoms with E-state index in [9.17, 15) is 15.3 Å². The Labute approximate surface area is 193 Å². The van der Waals surface area contributed by atoms with Crippen molar-refractivity contribution in [3.05, 3.63) is 54.4 Å². The summed E-state index contributed by atoms with van der Waals surface area (Å²) in [5, 5.41) is 33.4. The lowest BCUT2D eigenvalue weighted by Gasteiger charge is -2.37. The molecular formula is C26H31NO6. The highest BCUT2D eigenvalue weighted by molar-refractivity contribution is 5.86. The number of aromatic nitrogens is 1. The Bertz CT molecular complexity index is 1100. The fourth-order valence-electron chi connectivity index (χ4n) is 4.77. The zero-order valence-corrected chi connectivity index (χ0v) is 18.9. The average Bonchev–Trinajstić information content (AvgIpc) is 3.43. The highest BCUT2D eigenvalue weighted by Crippen LogP contribution is 2.38. The van der Waals surface area contributed by atoms with Gasteiger partial charge in [-0.1, -0.05) is 37.3 Å². The predicted molar refractivity (Wildman–Crippen MR) is 123 cm³/mol. The lowest BCUT2D eigenvalue weighted by molar-refractivity contribution is -0.166. The number of aliphatic hydroxyl groups excluding tert-OH is 3. The third-order valence-corrected chi connectivity index (χ3v) is 7.13. The summed E-state index contributed by atoms with van der Waals surface area (Å²) in [7, 11) is 0. The highest BCUT2D eigenvalue weighted by atomic mass is 16.6. The number of ether oxygens (including phenoxy) is 2. The third kappa shape index (κ3) is 4.69. The number of aliphatic hydroxyl groups is 3. The number of nitrogens with zero attached hydrogens (tertiary/aromatic N) is 1. The lowest BCUT2D eigenvalue weighted by atomic mass is 9.86.